The molecule has 3 rings (SSSR count). The number of anilines is 2. The molecule has 0 unspecified atom stereocenters. The molecule has 0 spiro atoms. The average molecular weight is 382 g/mol. The molecule has 0 saturated heterocycles. The van der Waals surface area contributed by atoms with Crippen molar-refractivity contribution in [2.75, 3.05) is 10.0 Å². The van der Waals surface area contributed by atoms with Crippen LogP contribution in [0.4, 0.5) is 11.5 Å². The van der Waals surface area contributed by atoms with Gasteiger partial charge in [0.2, 0.25) is 0 Å². The van der Waals surface area contributed by atoms with Crippen LogP contribution >= 0.6 is 0 Å². The first-order valence-corrected chi connectivity index (χ1v) is 10.1. The van der Waals surface area contributed by atoms with Crippen molar-refractivity contribution in [1.82, 2.24) is 9.97 Å². The van der Waals surface area contributed by atoms with Gasteiger partial charge in [-0.15, -0.1) is 0 Å². The second kappa shape index (κ2) is 8.18. The van der Waals surface area contributed by atoms with Crippen LogP contribution in [0.5, 0.6) is 0 Å². The number of sulfonamides is 1. The summed E-state index contributed by atoms with van der Waals surface area (Å²) in [6, 6.07) is 16.0. The van der Waals surface area contributed by atoms with Gasteiger partial charge in [0.15, 0.2) is 0 Å². The number of benzene rings is 1. The van der Waals surface area contributed by atoms with Crippen molar-refractivity contribution < 1.29 is 8.42 Å². The Morgan fingerprint density at radius 1 is 0.963 bits per heavy atom. The van der Waals surface area contributed by atoms with Crippen molar-refractivity contribution in [3.05, 3.63) is 78.2 Å². The molecule has 3 aromatic rings. The van der Waals surface area contributed by atoms with Crippen molar-refractivity contribution in [2.45, 2.75) is 31.2 Å². The van der Waals surface area contributed by atoms with E-state index < -0.39 is 10.0 Å². The van der Waals surface area contributed by atoms with E-state index >= 15 is 0 Å². The molecule has 0 bridgehead atoms. The maximum Gasteiger partial charge on any atom is 0.263 e. The molecule has 27 heavy (non-hydrogen) atoms. The molecule has 7 heteroatoms. The van der Waals surface area contributed by atoms with E-state index in [1.54, 1.807) is 36.7 Å². The zero-order valence-electron chi connectivity index (χ0n) is 15.3. The molecular formula is C20H22N4O2S. The topological polar surface area (TPSA) is 84.0 Å². The first-order chi connectivity index (χ1) is 12.9. The van der Waals surface area contributed by atoms with Crippen molar-refractivity contribution in [3.8, 4) is 0 Å². The molecule has 0 radical (unpaired) electrons. The molecule has 0 amide bonds. The van der Waals surface area contributed by atoms with Gasteiger partial charge in [-0.1, -0.05) is 32.0 Å². The molecule has 0 fully saturated rings. The zero-order valence-corrected chi connectivity index (χ0v) is 16.1. The molecule has 2 heterocycles. The van der Waals surface area contributed by atoms with Gasteiger partial charge in [-0.05, 0) is 47.9 Å². The molecule has 0 aliphatic rings. The van der Waals surface area contributed by atoms with Gasteiger partial charge in [0.05, 0.1) is 29.0 Å². The first-order valence-electron chi connectivity index (χ1n) is 8.67. The van der Waals surface area contributed by atoms with Gasteiger partial charge in [0.1, 0.15) is 5.82 Å². The summed E-state index contributed by atoms with van der Waals surface area (Å²) in [4.78, 5) is 8.62. The minimum absolute atomic E-state index is 0.214. The number of aromatic nitrogens is 2. The Labute approximate surface area is 159 Å². The highest BCUT2D eigenvalue weighted by molar-refractivity contribution is 7.92. The van der Waals surface area contributed by atoms with Crippen LogP contribution in [0.1, 0.15) is 31.0 Å². The summed E-state index contributed by atoms with van der Waals surface area (Å²) in [6.45, 7) is 4.69. The molecule has 1 aromatic carbocycles. The fourth-order valence-electron chi connectivity index (χ4n) is 2.48. The van der Waals surface area contributed by atoms with Crippen LogP contribution in [0.25, 0.3) is 0 Å². The highest BCUT2D eigenvalue weighted by Crippen LogP contribution is 2.20. The van der Waals surface area contributed by atoms with Crippen molar-refractivity contribution in [2.24, 2.45) is 0 Å². The van der Waals surface area contributed by atoms with E-state index in [0.717, 1.165) is 16.9 Å². The van der Waals surface area contributed by atoms with Gasteiger partial charge in [0.25, 0.3) is 10.0 Å². The van der Waals surface area contributed by atoms with E-state index in [4.69, 9.17) is 0 Å². The van der Waals surface area contributed by atoms with Crippen molar-refractivity contribution in [3.63, 3.8) is 0 Å². The van der Waals surface area contributed by atoms with Crippen LogP contribution in [0.3, 0.4) is 0 Å². The average Bonchev–Trinajstić information content (AvgIpc) is 2.68. The third-order valence-electron chi connectivity index (χ3n) is 4.06. The molecule has 0 saturated carbocycles. The van der Waals surface area contributed by atoms with Gasteiger partial charge < -0.3 is 5.32 Å². The first kappa shape index (κ1) is 18.8. The van der Waals surface area contributed by atoms with Crippen LogP contribution in [-0.2, 0) is 16.6 Å². The Hall–Kier alpha value is -2.93. The van der Waals surface area contributed by atoms with Crippen LogP contribution in [-0.4, -0.2) is 18.4 Å². The van der Waals surface area contributed by atoms with Gasteiger partial charge in [0, 0.05) is 6.20 Å². The van der Waals surface area contributed by atoms with Crippen molar-refractivity contribution >= 4 is 21.5 Å². The predicted molar refractivity (Wildman–Crippen MR) is 107 cm³/mol. The van der Waals surface area contributed by atoms with E-state index in [-0.39, 0.29) is 10.7 Å². The highest BCUT2D eigenvalue weighted by atomic mass is 32.2. The summed E-state index contributed by atoms with van der Waals surface area (Å²) in [5, 5.41) is 3.20. The maximum atomic E-state index is 12.5. The highest BCUT2D eigenvalue weighted by Gasteiger charge is 2.15. The van der Waals surface area contributed by atoms with E-state index in [1.165, 1.54) is 0 Å². The molecule has 0 aliphatic carbocycles. The van der Waals surface area contributed by atoms with Crippen molar-refractivity contribution in [1.29, 1.82) is 0 Å². The number of nitrogens with one attached hydrogen (secondary N) is 2. The van der Waals surface area contributed by atoms with Gasteiger partial charge >= 0.3 is 0 Å². The second-order valence-electron chi connectivity index (χ2n) is 6.44. The van der Waals surface area contributed by atoms with Crippen LogP contribution in [0, 0.1) is 0 Å². The summed E-state index contributed by atoms with van der Waals surface area (Å²) < 4.78 is 27.5. The lowest BCUT2D eigenvalue weighted by atomic mass is 10.0. The number of rotatable bonds is 7. The molecule has 2 aromatic heterocycles. The van der Waals surface area contributed by atoms with Gasteiger partial charge in [-0.25, -0.2) is 13.4 Å². The molecule has 2 N–H and O–H groups in total. The van der Waals surface area contributed by atoms with E-state index in [9.17, 15) is 8.42 Å². The second-order valence-corrected chi connectivity index (χ2v) is 8.12. The van der Waals surface area contributed by atoms with E-state index in [0.29, 0.717) is 12.5 Å². The van der Waals surface area contributed by atoms with Crippen LogP contribution in [0.15, 0.2) is 71.9 Å². The number of hydrogen-bond donors (Lipinski definition) is 2. The number of hydrogen-bond acceptors (Lipinski definition) is 5. The Kier molecular flexibility index (Phi) is 5.71. The Morgan fingerprint density at radius 3 is 2.33 bits per heavy atom. The quantitative estimate of drug-likeness (QED) is 0.645. The smallest absolute Gasteiger partial charge is 0.263 e. The third-order valence-corrected chi connectivity index (χ3v) is 5.43. The minimum atomic E-state index is -3.67. The summed E-state index contributed by atoms with van der Waals surface area (Å²) >= 11 is 0. The SMILES string of the molecule is CC(C)c1ccc(S(=O)(=O)Nc2ccc(NCc3ccccn3)cn2)cc1. The minimum Gasteiger partial charge on any atom is -0.378 e. The Bertz CT molecular complexity index is 971. The van der Waals surface area contributed by atoms with Gasteiger partial charge in [-0.3, -0.25) is 9.71 Å². The monoisotopic (exact) mass is 382 g/mol. The fourth-order valence-corrected chi connectivity index (χ4v) is 3.49. The maximum absolute atomic E-state index is 12.5. The number of nitrogens with zero attached hydrogens (tertiary/aromatic N) is 2. The zero-order chi connectivity index (χ0) is 19.3. The van der Waals surface area contributed by atoms with E-state index in [1.807, 2.05) is 30.3 Å². The standard InChI is InChI=1S/C20H22N4O2S/c1-15(2)16-6-9-19(10-7-16)27(25,26)24-20-11-8-18(14-23-20)22-13-17-5-3-4-12-21-17/h3-12,14-15,22H,13H2,1-2H3,(H,23,24). The summed E-state index contributed by atoms with van der Waals surface area (Å²) in [6.07, 6.45) is 3.32. The lowest BCUT2D eigenvalue weighted by molar-refractivity contribution is 0.601. The molecule has 0 aliphatic heterocycles. The number of pyridine rings is 2. The molecule has 6 nitrogen and oxygen atoms in total. The molecular weight excluding hydrogens is 360 g/mol. The Morgan fingerprint density at radius 2 is 1.74 bits per heavy atom. The predicted octanol–water partition coefficient (Wildman–Crippen LogP) is 4.01. The van der Waals surface area contributed by atoms with Gasteiger partial charge in [-0.2, -0.15) is 0 Å². The summed E-state index contributed by atoms with van der Waals surface area (Å²) in [5.41, 5.74) is 2.78. The van der Waals surface area contributed by atoms with Crippen LogP contribution < -0.4 is 10.0 Å². The Balaban J connectivity index is 1.64. The van der Waals surface area contributed by atoms with Crippen LogP contribution in [0.2, 0.25) is 0 Å². The third kappa shape index (κ3) is 5.04. The van der Waals surface area contributed by atoms with E-state index in [2.05, 4.69) is 33.9 Å². The fraction of sp³-hybridized carbons (Fsp3) is 0.200. The molecule has 0 atom stereocenters. The molecule has 140 valence electrons. The normalized spacial score (nSPS) is 11.4. The summed E-state index contributed by atoms with van der Waals surface area (Å²) in [7, 11) is -3.67. The lowest BCUT2D eigenvalue weighted by Crippen LogP contribution is -2.14. The largest absolute Gasteiger partial charge is 0.378 e. The summed E-state index contributed by atoms with van der Waals surface area (Å²) in [5.74, 6) is 0.619. The lowest BCUT2D eigenvalue weighted by Gasteiger charge is -2.10.